The highest BCUT2D eigenvalue weighted by Crippen LogP contribution is 2.23. The molecule has 0 radical (unpaired) electrons. The molecule has 3 rings (SSSR count). The molecule has 0 atom stereocenters. The van der Waals surface area contributed by atoms with Crippen LogP contribution >= 0.6 is 11.6 Å². The average molecular weight is 518 g/mol. The highest BCUT2D eigenvalue weighted by Gasteiger charge is 2.32. The van der Waals surface area contributed by atoms with Crippen molar-refractivity contribution in [2.45, 2.75) is 38.6 Å². The number of aromatic amines is 1. The van der Waals surface area contributed by atoms with Crippen molar-refractivity contribution < 1.29 is 26.8 Å². The Labute approximate surface area is 201 Å². The average Bonchev–Trinajstić information content (AvgIpc) is 3.24. The van der Waals surface area contributed by atoms with Gasteiger partial charge < -0.3 is 10.2 Å². The normalized spacial score (nSPS) is 15.3. The summed E-state index contributed by atoms with van der Waals surface area (Å²) in [6.45, 7) is 3.14. The van der Waals surface area contributed by atoms with Gasteiger partial charge in [-0.25, -0.2) is 21.5 Å². The number of benzene rings is 1. The van der Waals surface area contributed by atoms with Gasteiger partial charge in [0.2, 0.25) is 10.0 Å². The number of halogens is 3. The number of nitrogens with one attached hydrogen (secondary N) is 2. The van der Waals surface area contributed by atoms with Gasteiger partial charge in [0.25, 0.3) is 11.8 Å². The van der Waals surface area contributed by atoms with Gasteiger partial charge in [-0.15, -0.1) is 0 Å². The van der Waals surface area contributed by atoms with Crippen LogP contribution in [0.25, 0.3) is 0 Å². The number of hydrogen-bond donors (Lipinski definition) is 2. The minimum Gasteiger partial charge on any atom is -0.334 e. The van der Waals surface area contributed by atoms with Crippen LogP contribution in [0, 0.1) is 11.6 Å². The number of anilines is 1. The van der Waals surface area contributed by atoms with Crippen LogP contribution in [-0.4, -0.2) is 71.6 Å². The van der Waals surface area contributed by atoms with E-state index in [2.05, 4.69) is 15.5 Å². The second kappa shape index (κ2) is 10.8. The summed E-state index contributed by atoms with van der Waals surface area (Å²) in [5.74, 6) is -3.47. The first kappa shape index (κ1) is 26.0. The van der Waals surface area contributed by atoms with Gasteiger partial charge in [-0.1, -0.05) is 24.9 Å². The summed E-state index contributed by atoms with van der Waals surface area (Å²) in [5.41, 5.74) is -0.210. The van der Waals surface area contributed by atoms with E-state index in [0.717, 1.165) is 12.8 Å². The molecule has 0 unspecified atom stereocenters. The van der Waals surface area contributed by atoms with Crippen LogP contribution in [0.15, 0.2) is 18.2 Å². The highest BCUT2D eigenvalue weighted by molar-refractivity contribution is 7.88. The van der Waals surface area contributed by atoms with Crippen LogP contribution in [0.5, 0.6) is 0 Å². The topological polar surface area (TPSA) is 115 Å². The summed E-state index contributed by atoms with van der Waals surface area (Å²) >= 11 is 5.84. The minimum absolute atomic E-state index is 0.0633. The van der Waals surface area contributed by atoms with Crippen molar-refractivity contribution >= 4 is 39.3 Å². The van der Waals surface area contributed by atoms with Gasteiger partial charge in [-0.05, 0) is 31.4 Å². The number of rotatable bonds is 8. The third kappa shape index (κ3) is 6.10. The second-order valence-electron chi connectivity index (χ2n) is 8.11. The lowest BCUT2D eigenvalue weighted by atomic mass is 10.0. The van der Waals surface area contributed by atoms with Crippen molar-refractivity contribution in [3.8, 4) is 0 Å². The monoisotopic (exact) mass is 517 g/mol. The van der Waals surface area contributed by atoms with Gasteiger partial charge in [0, 0.05) is 31.7 Å². The first-order valence-electron chi connectivity index (χ1n) is 10.8. The molecule has 2 heterocycles. The molecule has 1 aromatic carbocycles. The van der Waals surface area contributed by atoms with Gasteiger partial charge in [-0.2, -0.15) is 5.10 Å². The Morgan fingerprint density at radius 3 is 2.50 bits per heavy atom. The molecule has 1 fully saturated rings. The van der Waals surface area contributed by atoms with Crippen LogP contribution in [0.1, 0.15) is 53.5 Å². The summed E-state index contributed by atoms with van der Waals surface area (Å²) in [6, 6.07) is 2.59. The van der Waals surface area contributed by atoms with Crippen molar-refractivity contribution in [1.82, 2.24) is 19.4 Å². The van der Waals surface area contributed by atoms with Gasteiger partial charge >= 0.3 is 0 Å². The van der Waals surface area contributed by atoms with Crippen molar-refractivity contribution in [2.75, 3.05) is 31.2 Å². The Hall–Kier alpha value is -2.57. The first-order chi connectivity index (χ1) is 16.0. The van der Waals surface area contributed by atoms with E-state index in [1.807, 2.05) is 6.92 Å². The molecular formula is C21H26ClF2N5O4S. The molecule has 1 aliphatic heterocycles. The maximum atomic E-state index is 13.5. The molecule has 1 aliphatic rings. The minimum atomic E-state index is -3.29. The van der Waals surface area contributed by atoms with Crippen LogP contribution < -0.4 is 5.32 Å². The predicted octanol–water partition coefficient (Wildman–Crippen LogP) is 3.26. The van der Waals surface area contributed by atoms with Crippen molar-refractivity contribution in [3.63, 3.8) is 0 Å². The maximum absolute atomic E-state index is 13.5. The first-order valence-corrected chi connectivity index (χ1v) is 13.0. The molecule has 13 heteroatoms. The van der Waals surface area contributed by atoms with Gasteiger partial charge in [0.1, 0.15) is 5.82 Å². The molecule has 186 valence electrons. The molecule has 0 spiro atoms. The number of nitrogens with zero attached hydrogens (tertiary/aromatic N) is 3. The van der Waals surface area contributed by atoms with E-state index in [1.54, 1.807) is 4.90 Å². The van der Waals surface area contributed by atoms with Gasteiger partial charge in [0.15, 0.2) is 17.3 Å². The largest absolute Gasteiger partial charge is 0.334 e. The number of carbonyl (C=O) groups excluding carboxylic acids is 2. The van der Waals surface area contributed by atoms with Crippen molar-refractivity contribution in [3.05, 3.63) is 46.1 Å². The SMILES string of the molecule is CCCCN(C(=O)c1cc(NC(=O)c2cc(F)c(F)cc2Cl)[nH]n1)C1CCN(S(C)(=O)=O)CC1. The van der Waals surface area contributed by atoms with E-state index in [9.17, 15) is 26.8 Å². The molecule has 9 nitrogen and oxygen atoms in total. The number of piperidine rings is 1. The Morgan fingerprint density at radius 2 is 1.88 bits per heavy atom. The van der Waals surface area contributed by atoms with Crippen molar-refractivity contribution in [2.24, 2.45) is 0 Å². The number of unbranched alkanes of at least 4 members (excludes halogenated alkanes) is 1. The fraction of sp³-hybridized carbons (Fsp3) is 0.476. The highest BCUT2D eigenvalue weighted by atomic mass is 35.5. The van der Waals surface area contributed by atoms with Gasteiger partial charge in [-0.3, -0.25) is 14.7 Å². The molecule has 2 aromatic rings. The van der Waals surface area contributed by atoms with E-state index in [1.165, 1.54) is 16.6 Å². The molecule has 0 aliphatic carbocycles. The molecular weight excluding hydrogens is 492 g/mol. The third-order valence-corrected chi connectivity index (χ3v) is 7.26. The predicted molar refractivity (Wildman–Crippen MR) is 123 cm³/mol. The van der Waals surface area contributed by atoms with E-state index < -0.39 is 27.6 Å². The quantitative estimate of drug-likeness (QED) is 0.521. The fourth-order valence-electron chi connectivity index (χ4n) is 3.79. The Kier molecular flexibility index (Phi) is 8.26. The third-order valence-electron chi connectivity index (χ3n) is 5.65. The zero-order valence-corrected chi connectivity index (χ0v) is 20.3. The Morgan fingerprint density at radius 1 is 1.24 bits per heavy atom. The van der Waals surface area contributed by atoms with Crippen LogP contribution in [0.3, 0.4) is 0 Å². The molecule has 2 N–H and O–H groups in total. The number of hydrogen-bond acceptors (Lipinski definition) is 5. The summed E-state index contributed by atoms with van der Waals surface area (Å²) in [4.78, 5) is 27.3. The number of H-pyrrole nitrogens is 1. The molecule has 0 saturated carbocycles. The summed E-state index contributed by atoms with van der Waals surface area (Å²) in [7, 11) is -3.29. The molecule has 1 aromatic heterocycles. The van der Waals surface area contributed by atoms with E-state index in [4.69, 9.17) is 11.6 Å². The van der Waals surface area contributed by atoms with E-state index >= 15 is 0 Å². The summed E-state index contributed by atoms with van der Waals surface area (Å²) in [5, 5.41) is 8.70. The van der Waals surface area contributed by atoms with Gasteiger partial charge in [0.05, 0.1) is 16.8 Å². The Bertz CT molecular complexity index is 1170. The number of aromatic nitrogens is 2. The number of amides is 2. The van der Waals surface area contributed by atoms with Crippen LogP contribution in [-0.2, 0) is 10.0 Å². The second-order valence-corrected chi connectivity index (χ2v) is 10.5. The number of carbonyl (C=O) groups is 2. The Balaban J connectivity index is 1.72. The lowest BCUT2D eigenvalue weighted by molar-refractivity contribution is 0.0608. The summed E-state index contributed by atoms with van der Waals surface area (Å²) in [6.07, 6.45) is 3.81. The zero-order chi connectivity index (χ0) is 25.0. The molecule has 34 heavy (non-hydrogen) atoms. The molecule has 2 amide bonds. The van der Waals surface area contributed by atoms with Crippen molar-refractivity contribution in [1.29, 1.82) is 0 Å². The smallest absolute Gasteiger partial charge is 0.274 e. The maximum Gasteiger partial charge on any atom is 0.274 e. The van der Waals surface area contributed by atoms with E-state index in [0.29, 0.717) is 44.6 Å². The lowest BCUT2D eigenvalue weighted by Gasteiger charge is -2.37. The standard InChI is InChI=1S/C21H26ClF2N5O4S/c1-3-4-7-29(13-5-8-28(9-6-13)34(2,32)33)21(31)18-12-19(27-26-18)25-20(30)14-10-16(23)17(24)11-15(14)22/h10-13H,3-9H2,1-2H3,(H2,25,26,27,30). The fourth-order valence-corrected chi connectivity index (χ4v) is 4.90. The lowest BCUT2D eigenvalue weighted by Crippen LogP contribution is -2.49. The zero-order valence-electron chi connectivity index (χ0n) is 18.8. The molecule has 0 bridgehead atoms. The van der Waals surface area contributed by atoms with E-state index in [-0.39, 0.29) is 34.0 Å². The van der Waals surface area contributed by atoms with Crippen LogP contribution in [0.4, 0.5) is 14.6 Å². The summed E-state index contributed by atoms with van der Waals surface area (Å²) < 4.78 is 51.7. The molecule has 1 saturated heterocycles. The van der Waals surface area contributed by atoms with Crippen LogP contribution in [0.2, 0.25) is 5.02 Å². The number of sulfonamides is 1.